The Bertz CT molecular complexity index is 644. The maximum atomic E-state index is 11.9. The third-order valence-electron chi connectivity index (χ3n) is 3.02. The van der Waals surface area contributed by atoms with E-state index in [0.29, 0.717) is 12.3 Å². The van der Waals surface area contributed by atoms with Crippen molar-refractivity contribution in [2.24, 2.45) is 5.73 Å². The van der Waals surface area contributed by atoms with E-state index in [2.05, 4.69) is 21.2 Å². The molecule has 0 spiro atoms. The average molecular weight is 349 g/mol. The first-order chi connectivity index (χ1) is 10.1. The van der Waals surface area contributed by atoms with Crippen LogP contribution in [0.4, 0.5) is 5.69 Å². The quantitative estimate of drug-likeness (QED) is 0.871. The number of carbonyl (C=O) groups excluding carboxylic acids is 1. The Morgan fingerprint density at radius 3 is 2.76 bits per heavy atom. The summed E-state index contributed by atoms with van der Waals surface area (Å²) < 4.78 is 6.47. The highest BCUT2D eigenvalue weighted by Gasteiger charge is 2.08. The standard InChI is InChI=1S/C16H17BrN2O2/c1-11-4-2-3-5-14(11)19-16(20)10-21-15-7-6-13(17)8-12(15)9-18/h2-8H,9-10,18H2,1H3,(H,19,20). The van der Waals surface area contributed by atoms with Gasteiger partial charge in [0, 0.05) is 22.3 Å². The second-order valence-corrected chi connectivity index (χ2v) is 5.52. The smallest absolute Gasteiger partial charge is 0.262 e. The third-order valence-corrected chi connectivity index (χ3v) is 3.51. The molecule has 110 valence electrons. The van der Waals surface area contributed by atoms with Crippen LogP contribution in [0.3, 0.4) is 0 Å². The van der Waals surface area contributed by atoms with E-state index in [1.807, 2.05) is 43.3 Å². The Hall–Kier alpha value is -1.85. The van der Waals surface area contributed by atoms with Crippen molar-refractivity contribution in [3.63, 3.8) is 0 Å². The van der Waals surface area contributed by atoms with Gasteiger partial charge in [-0.1, -0.05) is 34.1 Å². The van der Waals surface area contributed by atoms with Gasteiger partial charge < -0.3 is 15.8 Å². The summed E-state index contributed by atoms with van der Waals surface area (Å²) in [5.74, 6) is 0.427. The van der Waals surface area contributed by atoms with Gasteiger partial charge in [-0.3, -0.25) is 4.79 Å². The van der Waals surface area contributed by atoms with E-state index in [9.17, 15) is 4.79 Å². The number of anilines is 1. The van der Waals surface area contributed by atoms with Crippen molar-refractivity contribution >= 4 is 27.5 Å². The number of nitrogens with one attached hydrogen (secondary N) is 1. The second-order valence-electron chi connectivity index (χ2n) is 4.61. The van der Waals surface area contributed by atoms with Crippen molar-refractivity contribution < 1.29 is 9.53 Å². The number of amides is 1. The van der Waals surface area contributed by atoms with Crippen LogP contribution >= 0.6 is 15.9 Å². The predicted molar refractivity (Wildman–Crippen MR) is 87.3 cm³/mol. The Morgan fingerprint density at radius 1 is 1.29 bits per heavy atom. The topological polar surface area (TPSA) is 64.3 Å². The molecule has 5 heteroatoms. The predicted octanol–water partition coefficient (Wildman–Crippen LogP) is 3.23. The van der Waals surface area contributed by atoms with Crippen molar-refractivity contribution in [3.05, 3.63) is 58.1 Å². The molecule has 0 heterocycles. The van der Waals surface area contributed by atoms with Crippen molar-refractivity contribution in [3.8, 4) is 5.75 Å². The molecule has 1 amide bonds. The zero-order valence-corrected chi connectivity index (χ0v) is 13.3. The number of carbonyl (C=O) groups is 1. The SMILES string of the molecule is Cc1ccccc1NC(=O)COc1ccc(Br)cc1CN. The maximum Gasteiger partial charge on any atom is 0.262 e. The van der Waals surface area contributed by atoms with Gasteiger partial charge in [-0.15, -0.1) is 0 Å². The molecule has 4 nitrogen and oxygen atoms in total. The number of benzene rings is 2. The second kappa shape index (κ2) is 7.24. The molecule has 0 radical (unpaired) electrons. The first-order valence-corrected chi connectivity index (χ1v) is 7.36. The summed E-state index contributed by atoms with van der Waals surface area (Å²) >= 11 is 3.38. The molecular formula is C16H17BrN2O2. The number of aryl methyl sites for hydroxylation is 1. The Morgan fingerprint density at radius 2 is 2.05 bits per heavy atom. The van der Waals surface area contributed by atoms with Crippen LogP contribution in [0.2, 0.25) is 0 Å². The summed E-state index contributed by atoms with van der Waals surface area (Å²) in [5.41, 5.74) is 8.33. The van der Waals surface area contributed by atoms with Crippen molar-refractivity contribution in [2.75, 3.05) is 11.9 Å². The van der Waals surface area contributed by atoms with Gasteiger partial charge in [0.15, 0.2) is 6.61 Å². The number of nitrogens with two attached hydrogens (primary N) is 1. The minimum atomic E-state index is -0.199. The van der Waals surface area contributed by atoms with Crippen LogP contribution in [0.1, 0.15) is 11.1 Å². The van der Waals surface area contributed by atoms with E-state index in [-0.39, 0.29) is 12.5 Å². The van der Waals surface area contributed by atoms with E-state index in [1.165, 1.54) is 0 Å². The molecule has 2 aromatic rings. The lowest BCUT2D eigenvalue weighted by Crippen LogP contribution is -2.21. The van der Waals surface area contributed by atoms with E-state index < -0.39 is 0 Å². The Labute approximate surface area is 132 Å². The zero-order valence-electron chi connectivity index (χ0n) is 11.7. The summed E-state index contributed by atoms with van der Waals surface area (Å²) in [7, 11) is 0. The van der Waals surface area contributed by atoms with Gasteiger partial charge >= 0.3 is 0 Å². The minimum Gasteiger partial charge on any atom is -0.483 e. The van der Waals surface area contributed by atoms with Crippen LogP contribution in [0.25, 0.3) is 0 Å². The highest BCUT2D eigenvalue weighted by Crippen LogP contribution is 2.23. The van der Waals surface area contributed by atoms with Gasteiger partial charge in [0.1, 0.15) is 5.75 Å². The Kier molecular flexibility index (Phi) is 5.36. The fourth-order valence-corrected chi connectivity index (χ4v) is 2.30. The molecule has 0 aliphatic carbocycles. The molecule has 0 atom stereocenters. The molecular weight excluding hydrogens is 332 g/mol. The number of halogens is 1. The van der Waals surface area contributed by atoms with E-state index in [0.717, 1.165) is 21.3 Å². The number of ether oxygens (including phenoxy) is 1. The van der Waals surface area contributed by atoms with Crippen LogP contribution < -0.4 is 15.8 Å². The monoisotopic (exact) mass is 348 g/mol. The van der Waals surface area contributed by atoms with E-state index in [1.54, 1.807) is 6.07 Å². The zero-order chi connectivity index (χ0) is 15.2. The van der Waals surface area contributed by atoms with Gasteiger partial charge in [-0.25, -0.2) is 0 Å². The summed E-state index contributed by atoms with van der Waals surface area (Å²) in [6.07, 6.45) is 0. The number of rotatable bonds is 5. The van der Waals surface area contributed by atoms with Crippen molar-refractivity contribution in [1.29, 1.82) is 0 Å². The molecule has 3 N–H and O–H groups in total. The van der Waals surface area contributed by atoms with Gasteiger partial charge in [0.05, 0.1) is 0 Å². The average Bonchev–Trinajstić information content (AvgIpc) is 2.48. The normalized spacial score (nSPS) is 10.2. The lowest BCUT2D eigenvalue weighted by atomic mass is 10.2. The lowest BCUT2D eigenvalue weighted by Gasteiger charge is -2.12. The van der Waals surface area contributed by atoms with Gasteiger partial charge in [-0.2, -0.15) is 0 Å². The molecule has 2 rings (SSSR count). The first kappa shape index (κ1) is 15.5. The molecule has 0 saturated heterocycles. The van der Waals surface area contributed by atoms with Gasteiger partial charge in [0.25, 0.3) is 5.91 Å². The van der Waals surface area contributed by atoms with Crippen LogP contribution in [-0.4, -0.2) is 12.5 Å². The number of hydrogen-bond donors (Lipinski definition) is 2. The lowest BCUT2D eigenvalue weighted by molar-refractivity contribution is -0.118. The summed E-state index contributed by atoms with van der Waals surface area (Å²) in [6, 6.07) is 13.1. The summed E-state index contributed by atoms with van der Waals surface area (Å²) in [4.78, 5) is 11.9. The number of hydrogen-bond acceptors (Lipinski definition) is 3. The van der Waals surface area contributed by atoms with Crippen LogP contribution in [0.5, 0.6) is 5.75 Å². The van der Waals surface area contributed by atoms with Crippen LogP contribution in [0.15, 0.2) is 46.9 Å². The van der Waals surface area contributed by atoms with E-state index in [4.69, 9.17) is 10.5 Å². The molecule has 0 unspecified atom stereocenters. The third kappa shape index (κ3) is 4.31. The van der Waals surface area contributed by atoms with Crippen molar-refractivity contribution in [1.82, 2.24) is 0 Å². The largest absolute Gasteiger partial charge is 0.483 e. The first-order valence-electron chi connectivity index (χ1n) is 6.57. The van der Waals surface area contributed by atoms with E-state index >= 15 is 0 Å². The summed E-state index contributed by atoms with van der Waals surface area (Å²) in [6.45, 7) is 2.24. The molecule has 0 fully saturated rings. The fraction of sp³-hybridized carbons (Fsp3) is 0.188. The molecule has 0 aliphatic rings. The highest BCUT2D eigenvalue weighted by molar-refractivity contribution is 9.10. The molecule has 0 aromatic heterocycles. The molecule has 0 bridgehead atoms. The van der Waals surface area contributed by atoms with Gasteiger partial charge in [0.2, 0.25) is 0 Å². The molecule has 0 aliphatic heterocycles. The highest BCUT2D eigenvalue weighted by atomic mass is 79.9. The number of para-hydroxylation sites is 1. The van der Waals surface area contributed by atoms with Crippen LogP contribution in [0, 0.1) is 6.92 Å². The summed E-state index contributed by atoms with van der Waals surface area (Å²) in [5, 5.41) is 2.82. The molecule has 2 aromatic carbocycles. The molecule has 0 saturated carbocycles. The van der Waals surface area contributed by atoms with Gasteiger partial charge in [-0.05, 0) is 36.8 Å². The Balaban J connectivity index is 1.97. The van der Waals surface area contributed by atoms with Crippen molar-refractivity contribution in [2.45, 2.75) is 13.5 Å². The fourth-order valence-electron chi connectivity index (χ4n) is 1.89. The maximum absolute atomic E-state index is 11.9. The van der Waals surface area contributed by atoms with Crippen LogP contribution in [-0.2, 0) is 11.3 Å². The minimum absolute atomic E-state index is 0.0526. The molecule has 21 heavy (non-hydrogen) atoms.